The van der Waals surface area contributed by atoms with Crippen LogP contribution < -0.4 is 5.32 Å². The summed E-state index contributed by atoms with van der Waals surface area (Å²) in [6.45, 7) is -0.205. The average molecular weight is 363 g/mol. The number of hydrogen-bond donors (Lipinski definition) is 1. The van der Waals surface area contributed by atoms with E-state index in [4.69, 9.17) is 4.74 Å². The first-order chi connectivity index (χ1) is 13.1. The molecule has 4 heteroatoms. The molecule has 1 amide bonds. The molecule has 27 heavy (non-hydrogen) atoms. The molecule has 0 atom stereocenters. The molecule has 4 aliphatic rings. The van der Waals surface area contributed by atoms with Gasteiger partial charge in [-0.1, -0.05) is 36.4 Å². The number of fused-ring (bicyclic) bond motifs is 1. The van der Waals surface area contributed by atoms with Gasteiger partial charge in [-0.25, -0.2) is 4.79 Å². The van der Waals surface area contributed by atoms with E-state index in [0.29, 0.717) is 5.56 Å². The van der Waals surface area contributed by atoms with Crippen molar-refractivity contribution in [1.82, 2.24) is 5.32 Å². The molecule has 6 rings (SSSR count). The van der Waals surface area contributed by atoms with E-state index < -0.39 is 5.97 Å². The van der Waals surface area contributed by atoms with Gasteiger partial charge in [-0.2, -0.15) is 0 Å². The lowest BCUT2D eigenvalue weighted by Crippen LogP contribution is -2.60. The zero-order chi connectivity index (χ0) is 18.4. The van der Waals surface area contributed by atoms with Crippen LogP contribution in [0.4, 0.5) is 0 Å². The van der Waals surface area contributed by atoms with Gasteiger partial charge in [0.1, 0.15) is 0 Å². The second-order valence-corrected chi connectivity index (χ2v) is 8.85. The van der Waals surface area contributed by atoms with E-state index in [1.807, 2.05) is 36.4 Å². The summed E-state index contributed by atoms with van der Waals surface area (Å²) in [4.78, 5) is 25.1. The second kappa shape index (κ2) is 6.36. The van der Waals surface area contributed by atoms with Crippen LogP contribution in [0.5, 0.6) is 0 Å². The van der Waals surface area contributed by atoms with E-state index in [0.717, 1.165) is 47.8 Å². The first-order valence-electron chi connectivity index (χ1n) is 10.1. The molecule has 4 fully saturated rings. The van der Waals surface area contributed by atoms with Gasteiger partial charge < -0.3 is 10.1 Å². The Bertz CT molecular complexity index is 863. The summed E-state index contributed by atoms with van der Waals surface area (Å²) in [6, 6.07) is 13.3. The van der Waals surface area contributed by atoms with Crippen LogP contribution in [0.25, 0.3) is 10.8 Å². The number of amides is 1. The molecule has 140 valence electrons. The fraction of sp³-hybridized carbons (Fsp3) is 0.478. The third-order valence-corrected chi connectivity index (χ3v) is 6.79. The number of carbonyl (C=O) groups is 2. The molecule has 2 aromatic rings. The van der Waals surface area contributed by atoms with Crippen molar-refractivity contribution >= 4 is 22.6 Å². The fourth-order valence-electron chi connectivity index (χ4n) is 6.21. The largest absolute Gasteiger partial charge is 0.452 e. The molecule has 0 saturated heterocycles. The fourth-order valence-corrected chi connectivity index (χ4v) is 6.21. The Morgan fingerprint density at radius 2 is 1.56 bits per heavy atom. The Labute approximate surface area is 159 Å². The lowest BCUT2D eigenvalue weighted by Gasteiger charge is -2.56. The van der Waals surface area contributed by atoms with Crippen molar-refractivity contribution in [2.75, 3.05) is 6.61 Å². The minimum atomic E-state index is -0.438. The molecular formula is C23H25NO3. The summed E-state index contributed by atoms with van der Waals surface area (Å²) < 4.78 is 5.36. The molecule has 4 saturated carbocycles. The minimum Gasteiger partial charge on any atom is -0.452 e. The van der Waals surface area contributed by atoms with Crippen LogP contribution in [0, 0.1) is 17.8 Å². The summed E-state index contributed by atoms with van der Waals surface area (Å²) in [6.07, 6.45) is 7.31. The van der Waals surface area contributed by atoms with Crippen LogP contribution in [-0.4, -0.2) is 24.0 Å². The number of nitrogens with one attached hydrogen (secondary N) is 1. The van der Waals surface area contributed by atoms with E-state index in [-0.39, 0.29) is 18.1 Å². The van der Waals surface area contributed by atoms with Gasteiger partial charge in [0.25, 0.3) is 5.91 Å². The summed E-state index contributed by atoms with van der Waals surface area (Å²) in [5, 5.41) is 5.10. The van der Waals surface area contributed by atoms with E-state index in [2.05, 4.69) is 5.32 Å². The molecule has 0 radical (unpaired) electrons. The lowest BCUT2D eigenvalue weighted by molar-refractivity contribution is -0.130. The van der Waals surface area contributed by atoms with Crippen LogP contribution >= 0.6 is 0 Å². The van der Waals surface area contributed by atoms with Gasteiger partial charge in [0.15, 0.2) is 6.61 Å². The van der Waals surface area contributed by atoms with Gasteiger partial charge in [0.05, 0.1) is 5.56 Å². The van der Waals surface area contributed by atoms with Crippen molar-refractivity contribution in [3.63, 3.8) is 0 Å². The number of rotatable bonds is 4. The summed E-state index contributed by atoms with van der Waals surface area (Å²) in [5.74, 6) is 1.72. The number of benzene rings is 2. The van der Waals surface area contributed by atoms with Crippen molar-refractivity contribution in [3.05, 3.63) is 48.0 Å². The molecule has 1 N–H and O–H groups in total. The monoisotopic (exact) mass is 363 g/mol. The molecule has 0 aliphatic heterocycles. The topological polar surface area (TPSA) is 55.4 Å². The summed E-state index contributed by atoms with van der Waals surface area (Å²) in [5.41, 5.74) is 0.466. The SMILES string of the molecule is O=C(COC(=O)c1cccc2ccccc12)NC12CC3CC(CC(C3)C1)C2. The highest BCUT2D eigenvalue weighted by atomic mass is 16.5. The Morgan fingerprint density at radius 3 is 2.26 bits per heavy atom. The maximum atomic E-state index is 12.5. The minimum absolute atomic E-state index is 0.0440. The Kier molecular flexibility index (Phi) is 3.96. The molecule has 4 bridgehead atoms. The third kappa shape index (κ3) is 3.11. The van der Waals surface area contributed by atoms with Crippen molar-refractivity contribution in [1.29, 1.82) is 0 Å². The predicted molar refractivity (Wildman–Crippen MR) is 103 cm³/mol. The van der Waals surface area contributed by atoms with Gasteiger partial charge in [0.2, 0.25) is 0 Å². The molecule has 4 nitrogen and oxygen atoms in total. The van der Waals surface area contributed by atoms with Gasteiger partial charge in [0, 0.05) is 5.54 Å². The molecule has 0 spiro atoms. The Balaban J connectivity index is 1.24. The second-order valence-electron chi connectivity index (χ2n) is 8.85. The Morgan fingerprint density at radius 1 is 0.926 bits per heavy atom. The first kappa shape index (κ1) is 16.8. The predicted octanol–water partition coefficient (Wildman–Crippen LogP) is 4.08. The van der Waals surface area contributed by atoms with Gasteiger partial charge in [-0.3, -0.25) is 4.79 Å². The summed E-state index contributed by atoms with van der Waals surface area (Å²) in [7, 11) is 0. The molecule has 4 aliphatic carbocycles. The molecular weight excluding hydrogens is 338 g/mol. The highest BCUT2D eigenvalue weighted by Crippen LogP contribution is 2.55. The van der Waals surface area contributed by atoms with E-state index >= 15 is 0 Å². The third-order valence-electron chi connectivity index (χ3n) is 6.79. The number of carbonyl (C=O) groups excluding carboxylic acids is 2. The van der Waals surface area contributed by atoms with Gasteiger partial charge >= 0.3 is 5.97 Å². The van der Waals surface area contributed by atoms with Crippen LogP contribution in [0.1, 0.15) is 48.9 Å². The molecule has 0 heterocycles. The maximum absolute atomic E-state index is 12.5. The number of ether oxygens (including phenoxy) is 1. The van der Waals surface area contributed by atoms with Crippen molar-refractivity contribution in [2.24, 2.45) is 17.8 Å². The zero-order valence-electron chi connectivity index (χ0n) is 15.4. The normalized spacial score (nSPS) is 31.0. The average Bonchev–Trinajstić information content (AvgIpc) is 2.64. The van der Waals surface area contributed by atoms with Crippen molar-refractivity contribution in [3.8, 4) is 0 Å². The maximum Gasteiger partial charge on any atom is 0.339 e. The zero-order valence-corrected chi connectivity index (χ0v) is 15.4. The highest BCUT2D eigenvalue weighted by Gasteiger charge is 2.51. The standard InChI is InChI=1S/C23H25NO3/c25-21(24-23-11-15-8-16(12-23)10-17(9-15)13-23)14-27-22(26)20-7-3-5-18-4-1-2-6-19(18)20/h1-7,15-17H,8-14H2,(H,24,25). The quantitative estimate of drug-likeness (QED) is 0.833. The summed E-state index contributed by atoms with van der Waals surface area (Å²) >= 11 is 0. The van der Waals surface area contributed by atoms with Gasteiger partial charge in [-0.05, 0) is 73.1 Å². The Hall–Kier alpha value is -2.36. The lowest BCUT2D eigenvalue weighted by atomic mass is 9.53. The smallest absolute Gasteiger partial charge is 0.339 e. The molecule has 0 aromatic heterocycles. The number of hydrogen-bond acceptors (Lipinski definition) is 3. The first-order valence-corrected chi connectivity index (χ1v) is 10.1. The van der Waals surface area contributed by atoms with Crippen LogP contribution in [0.2, 0.25) is 0 Å². The highest BCUT2D eigenvalue weighted by molar-refractivity contribution is 6.04. The molecule has 2 aromatic carbocycles. The number of esters is 1. The van der Waals surface area contributed by atoms with Crippen molar-refractivity contribution < 1.29 is 14.3 Å². The van der Waals surface area contributed by atoms with E-state index in [1.165, 1.54) is 19.3 Å². The van der Waals surface area contributed by atoms with E-state index in [9.17, 15) is 9.59 Å². The van der Waals surface area contributed by atoms with Crippen LogP contribution in [0.3, 0.4) is 0 Å². The van der Waals surface area contributed by atoms with Gasteiger partial charge in [-0.15, -0.1) is 0 Å². The van der Waals surface area contributed by atoms with Crippen LogP contribution in [-0.2, 0) is 9.53 Å². The van der Waals surface area contributed by atoms with Crippen LogP contribution in [0.15, 0.2) is 42.5 Å². The van der Waals surface area contributed by atoms with Crippen molar-refractivity contribution in [2.45, 2.75) is 44.1 Å². The van der Waals surface area contributed by atoms with E-state index in [1.54, 1.807) is 6.07 Å². The molecule has 0 unspecified atom stereocenters.